The summed E-state index contributed by atoms with van der Waals surface area (Å²) in [7, 11) is 1.54. The quantitative estimate of drug-likeness (QED) is 0.282. The number of aliphatic hydroxyl groups excluding tert-OH is 1. The number of primary amides is 1. The number of aliphatic carboxylic acids is 1. The van der Waals surface area contributed by atoms with Gasteiger partial charge in [0, 0.05) is 16.0 Å². The van der Waals surface area contributed by atoms with Crippen LogP contribution < -0.4 is 21.1 Å². The van der Waals surface area contributed by atoms with Crippen molar-refractivity contribution in [2.24, 2.45) is 5.73 Å². The summed E-state index contributed by atoms with van der Waals surface area (Å²) in [6, 6.07) is 11.0. The second kappa shape index (κ2) is 11.3. The number of benzene rings is 2. The van der Waals surface area contributed by atoms with Crippen molar-refractivity contribution in [3.8, 4) is 22.9 Å². The molecule has 3 aromatic rings. The zero-order chi connectivity index (χ0) is 27.3. The third-order valence-corrected chi connectivity index (χ3v) is 6.40. The molecule has 1 heterocycles. The van der Waals surface area contributed by atoms with Gasteiger partial charge in [0.25, 0.3) is 11.8 Å². The van der Waals surface area contributed by atoms with Crippen molar-refractivity contribution in [1.82, 2.24) is 5.32 Å². The van der Waals surface area contributed by atoms with Crippen molar-refractivity contribution in [3.63, 3.8) is 0 Å². The Bertz CT molecular complexity index is 1420. The first-order valence-corrected chi connectivity index (χ1v) is 11.5. The predicted molar refractivity (Wildman–Crippen MR) is 135 cm³/mol. The summed E-state index contributed by atoms with van der Waals surface area (Å²) in [5.74, 6) is -3.44. The molecule has 0 saturated heterocycles. The number of nitrogens with one attached hydrogen (secondary N) is 2. The highest BCUT2D eigenvalue weighted by Gasteiger charge is 2.24. The summed E-state index contributed by atoms with van der Waals surface area (Å²) < 4.78 is 5.17. The molecule has 1 atom stereocenters. The number of methoxy groups -OCH3 is 1. The molecule has 3 rings (SSSR count). The molecule has 12 heteroatoms. The van der Waals surface area contributed by atoms with E-state index in [0.717, 1.165) is 33.9 Å². The van der Waals surface area contributed by atoms with Crippen molar-refractivity contribution in [1.29, 1.82) is 5.26 Å². The van der Waals surface area contributed by atoms with E-state index in [9.17, 15) is 24.4 Å². The Morgan fingerprint density at radius 1 is 1.11 bits per heavy atom. The lowest BCUT2D eigenvalue weighted by atomic mass is 10.0. The molecule has 0 bridgehead atoms. The SMILES string of the molecule is COc1ccc(-c2c(C)sc(NC(=O)c3cc(C(=O)N[C@@H](CO)C(=O)O)ccc3C(N)=O)c2C#N)cc1. The standard InChI is InChI=1S/C25H22N4O7S/c1-12-20(13-3-6-15(36-2)7-4-13)18(10-26)24(37-12)29-23(33)17-9-14(5-8-16(17)21(27)31)22(32)28-19(11-30)25(34)35/h3-9,19,30H,11H2,1-2H3,(H2,27,31)(H,28,32)(H,29,33)(H,34,35)/t19-/m0/s1. The molecule has 6 N–H and O–H groups in total. The van der Waals surface area contributed by atoms with Crippen LogP contribution in [0.2, 0.25) is 0 Å². The Morgan fingerprint density at radius 3 is 2.32 bits per heavy atom. The molecule has 1 aromatic heterocycles. The molecular weight excluding hydrogens is 500 g/mol. The van der Waals surface area contributed by atoms with Crippen LogP contribution >= 0.6 is 11.3 Å². The van der Waals surface area contributed by atoms with Crippen LogP contribution in [0.15, 0.2) is 42.5 Å². The van der Waals surface area contributed by atoms with E-state index in [1.807, 2.05) is 0 Å². The lowest BCUT2D eigenvalue weighted by molar-refractivity contribution is -0.140. The Hall–Kier alpha value is -4.73. The zero-order valence-corrected chi connectivity index (χ0v) is 20.5. The summed E-state index contributed by atoms with van der Waals surface area (Å²) in [4.78, 5) is 49.5. The van der Waals surface area contributed by atoms with Gasteiger partial charge in [-0.05, 0) is 42.8 Å². The number of thiophene rings is 1. The summed E-state index contributed by atoms with van der Waals surface area (Å²) >= 11 is 1.16. The zero-order valence-electron chi connectivity index (χ0n) is 19.7. The molecule has 3 amide bonds. The number of carboxylic acids is 1. The fourth-order valence-corrected chi connectivity index (χ4v) is 4.55. The van der Waals surface area contributed by atoms with Crippen LogP contribution in [-0.4, -0.2) is 53.7 Å². The van der Waals surface area contributed by atoms with Crippen LogP contribution in [0.3, 0.4) is 0 Å². The number of hydrogen-bond acceptors (Lipinski definition) is 8. The van der Waals surface area contributed by atoms with Gasteiger partial charge < -0.3 is 31.3 Å². The van der Waals surface area contributed by atoms with Crippen molar-refractivity contribution in [2.75, 3.05) is 19.0 Å². The highest BCUT2D eigenvalue weighted by Crippen LogP contribution is 2.40. The third-order valence-electron chi connectivity index (χ3n) is 5.38. The Morgan fingerprint density at radius 2 is 1.78 bits per heavy atom. The topological polar surface area (TPSA) is 192 Å². The molecule has 0 unspecified atom stereocenters. The normalized spacial score (nSPS) is 11.2. The highest BCUT2D eigenvalue weighted by atomic mass is 32.1. The van der Waals surface area contributed by atoms with Gasteiger partial charge in [-0.3, -0.25) is 14.4 Å². The minimum atomic E-state index is -1.57. The number of hydrogen-bond donors (Lipinski definition) is 5. The van der Waals surface area contributed by atoms with Gasteiger partial charge in [-0.25, -0.2) is 4.79 Å². The first-order valence-electron chi connectivity index (χ1n) is 10.7. The molecule has 0 saturated carbocycles. The summed E-state index contributed by atoms with van der Waals surface area (Å²) in [6.07, 6.45) is 0. The van der Waals surface area contributed by atoms with Crippen molar-refractivity contribution in [3.05, 3.63) is 69.6 Å². The van der Waals surface area contributed by atoms with E-state index in [2.05, 4.69) is 16.7 Å². The number of carboxylic acid groups (broad SMARTS) is 1. The van der Waals surface area contributed by atoms with E-state index < -0.39 is 36.3 Å². The fraction of sp³-hybridized carbons (Fsp3) is 0.160. The maximum absolute atomic E-state index is 13.2. The highest BCUT2D eigenvalue weighted by molar-refractivity contribution is 7.17. The van der Waals surface area contributed by atoms with Crippen molar-refractivity contribution in [2.45, 2.75) is 13.0 Å². The van der Waals surface area contributed by atoms with Crippen LogP contribution in [-0.2, 0) is 4.79 Å². The summed E-state index contributed by atoms with van der Waals surface area (Å²) in [6.45, 7) is 0.944. The Labute approximate surface area is 215 Å². The molecule has 0 aliphatic rings. The first kappa shape index (κ1) is 26.9. The van der Waals surface area contributed by atoms with E-state index >= 15 is 0 Å². The van der Waals surface area contributed by atoms with E-state index in [4.69, 9.17) is 20.7 Å². The average molecular weight is 523 g/mol. The molecule has 190 valence electrons. The van der Waals surface area contributed by atoms with Crippen LogP contribution in [0.1, 0.15) is 41.5 Å². The van der Waals surface area contributed by atoms with Crippen LogP contribution in [0.25, 0.3) is 11.1 Å². The minimum absolute atomic E-state index is 0.142. The molecule has 37 heavy (non-hydrogen) atoms. The van der Waals surface area contributed by atoms with Gasteiger partial charge in [0.15, 0.2) is 6.04 Å². The number of amides is 3. The minimum Gasteiger partial charge on any atom is -0.497 e. The van der Waals surface area contributed by atoms with Gasteiger partial charge in [0.1, 0.15) is 16.8 Å². The average Bonchev–Trinajstić information content (AvgIpc) is 3.20. The van der Waals surface area contributed by atoms with Gasteiger partial charge in [0.2, 0.25) is 5.91 Å². The van der Waals surface area contributed by atoms with E-state index in [1.54, 1.807) is 31.2 Å². The smallest absolute Gasteiger partial charge is 0.328 e. The largest absolute Gasteiger partial charge is 0.497 e. The first-order chi connectivity index (χ1) is 17.6. The van der Waals surface area contributed by atoms with Gasteiger partial charge in [-0.2, -0.15) is 5.26 Å². The second-order valence-corrected chi connectivity index (χ2v) is 8.93. The predicted octanol–water partition coefficient (Wildman–Crippen LogP) is 2.13. The molecule has 0 aliphatic heterocycles. The number of rotatable bonds is 9. The molecule has 0 aliphatic carbocycles. The monoisotopic (exact) mass is 522 g/mol. The molecule has 2 aromatic carbocycles. The Balaban J connectivity index is 1.98. The number of anilines is 1. The fourth-order valence-electron chi connectivity index (χ4n) is 3.53. The molecule has 11 nitrogen and oxygen atoms in total. The number of nitrogens with zero attached hydrogens (tertiary/aromatic N) is 1. The van der Waals surface area contributed by atoms with Crippen molar-refractivity contribution >= 4 is 40.0 Å². The van der Waals surface area contributed by atoms with Crippen LogP contribution in [0.5, 0.6) is 5.75 Å². The van der Waals surface area contributed by atoms with Gasteiger partial charge in [-0.15, -0.1) is 11.3 Å². The number of carbonyl (C=O) groups is 4. The molecule has 0 fully saturated rings. The van der Waals surface area contributed by atoms with Gasteiger partial charge in [-0.1, -0.05) is 12.1 Å². The number of aliphatic hydroxyl groups is 1. The second-order valence-electron chi connectivity index (χ2n) is 7.70. The summed E-state index contributed by atoms with van der Waals surface area (Å²) in [5.41, 5.74) is 6.40. The van der Waals surface area contributed by atoms with Gasteiger partial charge in [0.05, 0.1) is 30.4 Å². The van der Waals surface area contributed by atoms with Crippen LogP contribution in [0, 0.1) is 18.3 Å². The number of aryl methyl sites for hydroxylation is 1. The number of nitriles is 1. The molecule has 0 spiro atoms. The summed E-state index contributed by atoms with van der Waals surface area (Å²) in [5, 5.41) is 33.0. The van der Waals surface area contributed by atoms with Gasteiger partial charge >= 0.3 is 5.97 Å². The number of nitrogens with two attached hydrogens (primary N) is 1. The lowest BCUT2D eigenvalue weighted by Gasteiger charge is -2.13. The lowest BCUT2D eigenvalue weighted by Crippen LogP contribution is -2.43. The van der Waals surface area contributed by atoms with E-state index in [1.165, 1.54) is 13.2 Å². The number of ether oxygens (including phenoxy) is 1. The maximum Gasteiger partial charge on any atom is 0.328 e. The molecular formula is C25H22N4O7S. The molecule has 0 radical (unpaired) electrons. The van der Waals surface area contributed by atoms with E-state index in [-0.39, 0.29) is 27.3 Å². The number of carbonyl (C=O) groups excluding carboxylic acids is 3. The van der Waals surface area contributed by atoms with E-state index in [0.29, 0.717) is 11.3 Å². The third kappa shape index (κ3) is 5.75. The van der Waals surface area contributed by atoms with Crippen LogP contribution in [0.4, 0.5) is 5.00 Å². The maximum atomic E-state index is 13.2. The van der Waals surface area contributed by atoms with Crippen molar-refractivity contribution < 1.29 is 34.1 Å². The Kier molecular flexibility index (Phi) is 8.23.